The first-order chi connectivity index (χ1) is 22.5. The number of halogens is 2. The minimum Gasteiger partial charge on any atom is -0.534 e. The van der Waals surface area contributed by atoms with Gasteiger partial charge >= 0.3 is 8.32 Å². The number of anilines is 3. The number of carbonyl (C=O) groups is 2. The minimum atomic E-state index is -3.02. The van der Waals surface area contributed by atoms with E-state index in [0.717, 1.165) is 10.4 Å². The smallest absolute Gasteiger partial charge is 0.319 e. The van der Waals surface area contributed by atoms with Crippen LogP contribution in [-0.2, 0) is 14.3 Å². The Kier molecular flexibility index (Phi) is 8.74. The van der Waals surface area contributed by atoms with Gasteiger partial charge in [0.05, 0.1) is 17.1 Å². The van der Waals surface area contributed by atoms with Crippen LogP contribution in [-0.4, -0.2) is 39.9 Å². The van der Waals surface area contributed by atoms with Crippen molar-refractivity contribution < 1.29 is 27.5 Å². The second-order valence-electron chi connectivity index (χ2n) is 12.6. The van der Waals surface area contributed by atoms with Gasteiger partial charge in [0.15, 0.2) is 5.78 Å². The standard InChI is InChI=1S/C37H37F2N3O4Si/c1-5-45-24-42-32-22-25(38)16-19-31(32)41-21-20-33(43)34(36(41)42)35(44)40-30-18-17-26(23-29(30)39)46-47(37(2,3)4,27-12-8-6-9-13-27)28-14-10-7-11-15-28/h6-19,22-23H,5,20-21,24H2,1-4H3,(H,40,44). The molecule has 0 radical (unpaired) electrons. The topological polar surface area (TPSA) is 71.1 Å². The molecule has 0 fully saturated rings. The number of hydrogen-bond acceptors (Lipinski definition) is 6. The number of rotatable bonds is 9. The Labute approximate surface area is 274 Å². The average Bonchev–Trinajstić information content (AvgIpc) is 3.35. The van der Waals surface area contributed by atoms with Crippen LogP contribution in [0.5, 0.6) is 5.75 Å². The molecule has 10 heteroatoms. The predicted octanol–water partition coefficient (Wildman–Crippen LogP) is 6.35. The normalized spacial score (nSPS) is 14.6. The Morgan fingerprint density at radius 1 is 0.894 bits per heavy atom. The SMILES string of the molecule is CCOCN1C2=C(C(=O)Nc3ccc(O[Si](c4ccccc4)(c4ccccc4)C(C)(C)C)cc3F)C(=O)CCN2c2ccc(F)cc21. The van der Waals surface area contributed by atoms with Crippen molar-refractivity contribution in [2.24, 2.45) is 0 Å². The molecule has 0 aromatic heterocycles. The molecule has 4 aromatic rings. The summed E-state index contributed by atoms with van der Waals surface area (Å²) >= 11 is 0. The number of ether oxygens (including phenoxy) is 1. The van der Waals surface area contributed by atoms with Gasteiger partial charge in [-0.2, -0.15) is 0 Å². The van der Waals surface area contributed by atoms with Crippen molar-refractivity contribution in [1.82, 2.24) is 0 Å². The van der Waals surface area contributed by atoms with Crippen LogP contribution in [0, 0.1) is 11.6 Å². The second-order valence-corrected chi connectivity index (χ2v) is 16.8. The Morgan fingerprint density at radius 3 is 2.15 bits per heavy atom. The maximum atomic E-state index is 15.9. The Hall–Kier alpha value is -4.80. The van der Waals surface area contributed by atoms with Gasteiger partial charge in [-0.1, -0.05) is 81.4 Å². The van der Waals surface area contributed by atoms with E-state index in [-0.39, 0.29) is 29.5 Å². The summed E-state index contributed by atoms with van der Waals surface area (Å²) in [5, 5.41) is 4.36. The first kappa shape index (κ1) is 32.2. The summed E-state index contributed by atoms with van der Waals surface area (Å²) in [5.74, 6) is -1.69. The predicted molar refractivity (Wildman–Crippen MR) is 183 cm³/mol. The van der Waals surface area contributed by atoms with Gasteiger partial charge in [-0.15, -0.1) is 0 Å². The summed E-state index contributed by atoms with van der Waals surface area (Å²) in [4.78, 5) is 30.5. The van der Waals surface area contributed by atoms with E-state index in [2.05, 4.69) is 50.4 Å². The Morgan fingerprint density at radius 2 is 1.55 bits per heavy atom. The quantitative estimate of drug-likeness (QED) is 0.168. The van der Waals surface area contributed by atoms with Crippen molar-refractivity contribution in [3.63, 3.8) is 0 Å². The molecule has 0 aliphatic carbocycles. The first-order valence-electron chi connectivity index (χ1n) is 15.7. The third kappa shape index (κ3) is 5.83. The summed E-state index contributed by atoms with van der Waals surface area (Å²) in [6.07, 6.45) is 0.0687. The van der Waals surface area contributed by atoms with Gasteiger partial charge in [-0.3, -0.25) is 9.59 Å². The van der Waals surface area contributed by atoms with Gasteiger partial charge in [0.2, 0.25) is 0 Å². The molecule has 242 valence electrons. The van der Waals surface area contributed by atoms with E-state index >= 15 is 4.39 Å². The van der Waals surface area contributed by atoms with Crippen LogP contribution < -0.4 is 29.9 Å². The molecule has 47 heavy (non-hydrogen) atoms. The lowest BCUT2D eigenvalue weighted by Crippen LogP contribution is -2.68. The monoisotopic (exact) mass is 653 g/mol. The molecule has 1 N–H and O–H groups in total. The summed E-state index contributed by atoms with van der Waals surface area (Å²) in [7, 11) is -3.02. The van der Waals surface area contributed by atoms with Gasteiger partial charge in [0, 0.05) is 25.6 Å². The zero-order chi connectivity index (χ0) is 33.3. The zero-order valence-corrected chi connectivity index (χ0v) is 27.8. The molecule has 0 atom stereocenters. The summed E-state index contributed by atoms with van der Waals surface area (Å²) in [6, 6.07) is 28.7. The van der Waals surface area contributed by atoms with E-state index in [1.165, 1.54) is 24.3 Å². The van der Waals surface area contributed by atoms with E-state index in [0.29, 0.717) is 36.1 Å². The van der Waals surface area contributed by atoms with Crippen LogP contribution in [0.25, 0.3) is 0 Å². The van der Waals surface area contributed by atoms with Crippen molar-refractivity contribution in [2.75, 3.05) is 35.0 Å². The lowest BCUT2D eigenvalue weighted by Gasteiger charge is -2.43. The molecule has 7 nitrogen and oxygen atoms in total. The Bertz CT molecular complexity index is 1800. The van der Waals surface area contributed by atoms with Crippen LogP contribution in [0.4, 0.5) is 25.8 Å². The zero-order valence-electron chi connectivity index (χ0n) is 26.8. The highest BCUT2D eigenvalue weighted by atomic mass is 28.4. The molecule has 0 spiro atoms. The van der Waals surface area contributed by atoms with Gasteiger partial charge < -0.3 is 24.3 Å². The van der Waals surface area contributed by atoms with Crippen molar-refractivity contribution >= 4 is 47.4 Å². The molecule has 2 aliphatic rings. The highest BCUT2D eigenvalue weighted by molar-refractivity contribution is 7.00. The summed E-state index contributed by atoms with van der Waals surface area (Å²) < 4.78 is 42.7. The maximum Gasteiger partial charge on any atom is 0.319 e. The number of nitrogens with zero attached hydrogens (tertiary/aromatic N) is 2. The Balaban J connectivity index is 1.35. The number of Topliss-reactive ketones (excluding diaryl/α,β-unsaturated/α-hetero) is 1. The molecule has 2 heterocycles. The van der Waals surface area contributed by atoms with E-state index in [9.17, 15) is 14.0 Å². The largest absolute Gasteiger partial charge is 0.534 e. The van der Waals surface area contributed by atoms with Crippen LogP contribution in [0.1, 0.15) is 34.1 Å². The fourth-order valence-electron chi connectivity index (χ4n) is 6.49. The number of nitrogens with one attached hydrogen (secondary N) is 1. The van der Waals surface area contributed by atoms with Crippen molar-refractivity contribution in [3.8, 4) is 5.75 Å². The molecular formula is C37H37F2N3O4Si. The molecule has 0 saturated carbocycles. The van der Waals surface area contributed by atoms with Gasteiger partial charge in [0.25, 0.3) is 5.91 Å². The average molecular weight is 654 g/mol. The third-order valence-electron chi connectivity index (χ3n) is 8.62. The van der Waals surface area contributed by atoms with Crippen LogP contribution in [0.2, 0.25) is 5.04 Å². The third-order valence-corrected chi connectivity index (χ3v) is 13.6. The molecule has 4 aromatic carbocycles. The molecule has 0 bridgehead atoms. The van der Waals surface area contributed by atoms with Gasteiger partial charge in [-0.25, -0.2) is 8.78 Å². The number of amides is 1. The number of hydrogen-bond donors (Lipinski definition) is 1. The fourth-order valence-corrected chi connectivity index (χ4v) is 10.9. The number of ketones is 1. The van der Waals surface area contributed by atoms with E-state index in [1.54, 1.807) is 21.9 Å². The van der Waals surface area contributed by atoms with Crippen molar-refractivity contribution in [2.45, 2.75) is 39.2 Å². The minimum absolute atomic E-state index is 0.00544. The van der Waals surface area contributed by atoms with Crippen LogP contribution in [0.15, 0.2) is 108 Å². The van der Waals surface area contributed by atoms with E-state index in [4.69, 9.17) is 9.16 Å². The van der Waals surface area contributed by atoms with E-state index < -0.39 is 31.6 Å². The fraction of sp³-hybridized carbons (Fsp3) is 0.243. The highest BCUT2D eigenvalue weighted by Gasteiger charge is 2.52. The lowest BCUT2D eigenvalue weighted by molar-refractivity contribution is -0.120. The number of carbonyl (C=O) groups excluding carboxylic acids is 2. The summed E-state index contributed by atoms with van der Waals surface area (Å²) in [6.45, 7) is 8.91. The molecule has 0 unspecified atom stereocenters. The maximum absolute atomic E-state index is 15.9. The van der Waals surface area contributed by atoms with Gasteiger partial charge in [0.1, 0.15) is 35.5 Å². The van der Waals surface area contributed by atoms with Crippen LogP contribution >= 0.6 is 0 Å². The molecule has 6 rings (SSSR count). The number of fused-ring (bicyclic) bond motifs is 3. The second kappa shape index (κ2) is 12.8. The molecular weight excluding hydrogens is 617 g/mol. The lowest BCUT2D eigenvalue weighted by atomic mass is 10.0. The van der Waals surface area contributed by atoms with E-state index in [1.807, 2.05) is 43.3 Å². The van der Waals surface area contributed by atoms with Gasteiger partial charge in [-0.05, 0) is 52.7 Å². The molecule has 0 saturated heterocycles. The first-order valence-corrected chi connectivity index (χ1v) is 17.6. The summed E-state index contributed by atoms with van der Waals surface area (Å²) in [5.41, 5.74) is 0.916. The van der Waals surface area contributed by atoms with Crippen molar-refractivity contribution in [3.05, 3.63) is 120 Å². The molecule has 1 amide bonds. The van der Waals surface area contributed by atoms with Crippen molar-refractivity contribution in [1.29, 1.82) is 0 Å². The highest BCUT2D eigenvalue weighted by Crippen LogP contribution is 2.45. The number of benzene rings is 4. The molecule has 2 aliphatic heterocycles. The van der Waals surface area contributed by atoms with Crippen LogP contribution in [0.3, 0.4) is 0 Å².